The standard InChI is InChI=1S/C13H22ClN3/c1-9-10(11(14)17(4)16-9)8-13(15)7-5-6-12(13,2)3/h5-8,15H2,1-4H3. The van der Waals surface area contributed by atoms with Crippen molar-refractivity contribution in [1.29, 1.82) is 0 Å². The summed E-state index contributed by atoms with van der Waals surface area (Å²) in [6, 6.07) is 0. The van der Waals surface area contributed by atoms with Crippen LogP contribution in [0.2, 0.25) is 5.15 Å². The van der Waals surface area contributed by atoms with E-state index in [9.17, 15) is 0 Å². The Kier molecular flexibility index (Phi) is 3.03. The summed E-state index contributed by atoms with van der Waals surface area (Å²) >= 11 is 6.29. The average molecular weight is 256 g/mol. The van der Waals surface area contributed by atoms with Crippen LogP contribution in [-0.4, -0.2) is 15.3 Å². The third-order valence-electron chi connectivity index (χ3n) is 4.53. The Hall–Kier alpha value is -0.540. The lowest BCUT2D eigenvalue weighted by Gasteiger charge is -2.38. The van der Waals surface area contributed by atoms with Gasteiger partial charge in [0.1, 0.15) is 5.15 Å². The molecule has 2 rings (SSSR count). The van der Waals surface area contributed by atoms with Gasteiger partial charge in [-0.05, 0) is 31.6 Å². The van der Waals surface area contributed by atoms with Gasteiger partial charge in [0.15, 0.2) is 0 Å². The first-order valence-electron chi connectivity index (χ1n) is 6.24. The van der Waals surface area contributed by atoms with Crippen molar-refractivity contribution in [2.75, 3.05) is 0 Å². The molecule has 17 heavy (non-hydrogen) atoms. The van der Waals surface area contributed by atoms with Gasteiger partial charge in [0, 0.05) is 18.2 Å². The molecule has 1 saturated carbocycles. The predicted molar refractivity (Wildman–Crippen MR) is 71.2 cm³/mol. The smallest absolute Gasteiger partial charge is 0.130 e. The normalized spacial score (nSPS) is 27.6. The van der Waals surface area contributed by atoms with Crippen LogP contribution >= 0.6 is 11.6 Å². The third-order valence-corrected chi connectivity index (χ3v) is 5.01. The number of hydrogen-bond donors (Lipinski definition) is 1. The number of rotatable bonds is 2. The number of nitrogens with zero attached hydrogens (tertiary/aromatic N) is 2. The van der Waals surface area contributed by atoms with E-state index in [0.29, 0.717) is 0 Å². The highest BCUT2D eigenvalue weighted by Gasteiger charge is 2.46. The molecule has 0 saturated heterocycles. The van der Waals surface area contributed by atoms with E-state index < -0.39 is 0 Å². The summed E-state index contributed by atoms with van der Waals surface area (Å²) in [4.78, 5) is 0. The van der Waals surface area contributed by atoms with Gasteiger partial charge in [-0.1, -0.05) is 31.9 Å². The zero-order valence-corrected chi connectivity index (χ0v) is 11.9. The monoisotopic (exact) mass is 255 g/mol. The molecule has 0 aliphatic heterocycles. The summed E-state index contributed by atoms with van der Waals surface area (Å²) in [6.07, 6.45) is 4.31. The van der Waals surface area contributed by atoms with Crippen molar-refractivity contribution in [2.24, 2.45) is 18.2 Å². The summed E-state index contributed by atoms with van der Waals surface area (Å²) in [5, 5.41) is 5.09. The van der Waals surface area contributed by atoms with Crippen LogP contribution in [0, 0.1) is 12.3 Å². The molecule has 0 spiro atoms. The van der Waals surface area contributed by atoms with Crippen molar-refractivity contribution in [3.8, 4) is 0 Å². The van der Waals surface area contributed by atoms with Gasteiger partial charge in [-0.15, -0.1) is 0 Å². The Balaban J connectivity index is 2.32. The molecular weight excluding hydrogens is 234 g/mol. The molecule has 1 aliphatic rings. The van der Waals surface area contributed by atoms with Gasteiger partial charge in [-0.25, -0.2) is 0 Å². The quantitative estimate of drug-likeness (QED) is 0.883. The van der Waals surface area contributed by atoms with Crippen LogP contribution in [0.3, 0.4) is 0 Å². The van der Waals surface area contributed by atoms with E-state index in [4.69, 9.17) is 17.3 Å². The van der Waals surface area contributed by atoms with Gasteiger partial charge < -0.3 is 5.73 Å². The van der Waals surface area contributed by atoms with Gasteiger partial charge in [0.25, 0.3) is 0 Å². The van der Waals surface area contributed by atoms with Crippen molar-refractivity contribution >= 4 is 11.6 Å². The highest BCUT2D eigenvalue weighted by Crippen LogP contribution is 2.46. The number of aromatic nitrogens is 2. The molecule has 1 fully saturated rings. The van der Waals surface area contributed by atoms with Crippen LogP contribution in [0.15, 0.2) is 0 Å². The predicted octanol–water partition coefficient (Wildman–Crippen LogP) is 2.83. The SMILES string of the molecule is Cc1nn(C)c(Cl)c1CC1(N)CCCC1(C)C. The van der Waals surface area contributed by atoms with E-state index in [1.165, 1.54) is 12.8 Å². The van der Waals surface area contributed by atoms with Crippen LogP contribution in [0.4, 0.5) is 0 Å². The zero-order chi connectivity index (χ0) is 12.8. The summed E-state index contributed by atoms with van der Waals surface area (Å²) in [5.41, 5.74) is 8.77. The maximum Gasteiger partial charge on any atom is 0.130 e. The molecule has 1 heterocycles. The molecular formula is C13H22ClN3. The molecule has 96 valence electrons. The Bertz CT molecular complexity index is 436. The minimum Gasteiger partial charge on any atom is -0.324 e. The van der Waals surface area contributed by atoms with Crippen LogP contribution < -0.4 is 5.73 Å². The Labute approximate surface area is 108 Å². The Morgan fingerprint density at radius 3 is 2.47 bits per heavy atom. The van der Waals surface area contributed by atoms with E-state index in [2.05, 4.69) is 18.9 Å². The average Bonchev–Trinajstić information content (AvgIpc) is 2.60. The fraction of sp³-hybridized carbons (Fsp3) is 0.769. The van der Waals surface area contributed by atoms with Crippen LogP contribution in [-0.2, 0) is 13.5 Å². The van der Waals surface area contributed by atoms with Crippen molar-refractivity contribution in [3.05, 3.63) is 16.4 Å². The molecule has 0 radical (unpaired) electrons. The number of aryl methyl sites for hydroxylation is 2. The minimum atomic E-state index is -0.148. The third kappa shape index (κ3) is 2.00. The van der Waals surface area contributed by atoms with Gasteiger partial charge in [0.05, 0.1) is 5.69 Å². The van der Waals surface area contributed by atoms with Gasteiger partial charge in [-0.2, -0.15) is 5.10 Å². The summed E-state index contributed by atoms with van der Waals surface area (Å²) in [7, 11) is 1.88. The van der Waals surface area contributed by atoms with E-state index in [1.807, 2.05) is 14.0 Å². The van der Waals surface area contributed by atoms with Crippen molar-refractivity contribution < 1.29 is 0 Å². The summed E-state index contributed by atoms with van der Waals surface area (Å²) < 4.78 is 1.73. The minimum absolute atomic E-state index is 0.148. The van der Waals surface area contributed by atoms with Crippen molar-refractivity contribution in [1.82, 2.24) is 9.78 Å². The van der Waals surface area contributed by atoms with Crippen LogP contribution in [0.5, 0.6) is 0 Å². The highest BCUT2D eigenvalue weighted by molar-refractivity contribution is 6.30. The lowest BCUT2D eigenvalue weighted by atomic mass is 9.72. The van der Waals surface area contributed by atoms with E-state index in [0.717, 1.165) is 29.3 Å². The lowest BCUT2D eigenvalue weighted by molar-refractivity contribution is 0.207. The first-order valence-corrected chi connectivity index (χ1v) is 6.61. The number of halogens is 1. The molecule has 1 unspecified atom stereocenters. The van der Waals surface area contributed by atoms with Crippen molar-refractivity contribution in [2.45, 2.75) is 52.0 Å². The van der Waals surface area contributed by atoms with Crippen molar-refractivity contribution in [3.63, 3.8) is 0 Å². The fourth-order valence-corrected chi connectivity index (χ4v) is 3.19. The zero-order valence-electron chi connectivity index (χ0n) is 11.2. The maximum atomic E-state index is 6.62. The summed E-state index contributed by atoms with van der Waals surface area (Å²) in [5.74, 6) is 0. The number of nitrogens with two attached hydrogens (primary N) is 1. The molecule has 0 amide bonds. The Morgan fingerprint density at radius 1 is 1.41 bits per heavy atom. The molecule has 0 bridgehead atoms. The van der Waals surface area contributed by atoms with Gasteiger partial charge in [0.2, 0.25) is 0 Å². The second kappa shape index (κ2) is 3.99. The van der Waals surface area contributed by atoms with Gasteiger partial charge in [-0.3, -0.25) is 4.68 Å². The second-order valence-corrected chi connectivity index (χ2v) is 6.41. The molecule has 2 N–H and O–H groups in total. The highest BCUT2D eigenvalue weighted by atomic mass is 35.5. The maximum absolute atomic E-state index is 6.62. The molecule has 1 aromatic heterocycles. The van der Waals surface area contributed by atoms with E-state index in [1.54, 1.807) is 4.68 Å². The number of hydrogen-bond acceptors (Lipinski definition) is 2. The molecule has 3 nitrogen and oxygen atoms in total. The molecule has 1 atom stereocenters. The molecule has 1 aromatic rings. The van der Waals surface area contributed by atoms with E-state index in [-0.39, 0.29) is 11.0 Å². The lowest BCUT2D eigenvalue weighted by Crippen LogP contribution is -2.50. The largest absolute Gasteiger partial charge is 0.324 e. The molecule has 4 heteroatoms. The van der Waals surface area contributed by atoms with E-state index >= 15 is 0 Å². The first-order chi connectivity index (χ1) is 7.77. The Morgan fingerprint density at radius 2 is 2.06 bits per heavy atom. The van der Waals surface area contributed by atoms with Crippen LogP contribution in [0.1, 0.15) is 44.4 Å². The molecule has 1 aliphatic carbocycles. The second-order valence-electron chi connectivity index (χ2n) is 6.05. The molecule has 0 aromatic carbocycles. The fourth-order valence-electron chi connectivity index (χ4n) is 2.95. The summed E-state index contributed by atoms with van der Waals surface area (Å²) in [6.45, 7) is 6.53. The topological polar surface area (TPSA) is 43.8 Å². The first kappa shape index (κ1) is 12.9. The van der Waals surface area contributed by atoms with Crippen LogP contribution in [0.25, 0.3) is 0 Å². The van der Waals surface area contributed by atoms with Gasteiger partial charge >= 0.3 is 0 Å².